The van der Waals surface area contributed by atoms with Crippen molar-refractivity contribution in [3.05, 3.63) is 64.8 Å². The highest BCUT2D eigenvalue weighted by molar-refractivity contribution is 6.30. The van der Waals surface area contributed by atoms with E-state index in [9.17, 15) is 4.79 Å². The lowest BCUT2D eigenvalue weighted by Gasteiger charge is -2.06. The Morgan fingerprint density at radius 2 is 1.96 bits per heavy atom. The first-order chi connectivity index (χ1) is 12.1. The number of halogens is 1. The number of fused-ring (bicyclic) bond motifs is 1. The molecule has 0 spiro atoms. The van der Waals surface area contributed by atoms with Crippen LogP contribution in [0.25, 0.3) is 10.9 Å². The number of ether oxygens (including phenoxy) is 1. The van der Waals surface area contributed by atoms with Crippen molar-refractivity contribution in [2.45, 2.75) is 25.8 Å². The highest BCUT2D eigenvalue weighted by Gasteiger charge is 2.11. The molecule has 130 valence electrons. The van der Waals surface area contributed by atoms with Crippen LogP contribution in [0.1, 0.15) is 24.0 Å². The standard InChI is InChI=1S/C20H20ClNO3/c1-25-17-9-10-19-18(11-17)15(3-2-4-20(23)24)13-22(19)12-14-5-7-16(21)8-6-14/h5-11,13H,2-4,12H2,1H3,(H,23,24). The van der Waals surface area contributed by atoms with Crippen LogP contribution in [0.2, 0.25) is 5.02 Å². The average molecular weight is 358 g/mol. The lowest BCUT2D eigenvalue weighted by atomic mass is 10.1. The Labute approximate surface area is 151 Å². The predicted molar refractivity (Wildman–Crippen MR) is 99.6 cm³/mol. The van der Waals surface area contributed by atoms with Gasteiger partial charge in [0.15, 0.2) is 0 Å². The Morgan fingerprint density at radius 1 is 1.20 bits per heavy atom. The number of aromatic nitrogens is 1. The summed E-state index contributed by atoms with van der Waals surface area (Å²) < 4.78 is 7.53. The second-order valence-electron chi connectivity index (χ2n) is 6.04. The number of aliphatic carboxylic acids is 1. The fourth-order valence-corrected chi connectivity index (χ4v) is 3.15. The van der Waals surface area contributed by atoms with Crippen LogP contribution in [0, 0.1) is 0 Å². The Kier molecular flexibility index (Phi) is 5.29. The van der Waals surface area contributed by atoms with Crippen LogP contribution in [0.15, 0.2) is 48.7 Å². The summed E-state index contributed by atoms with van der Waals surface area (Å²) in [4.78, 5) is 10.8. The van der Waals surface area contributed by atoms with Gasteiger partial charge in [-0.05, 0) is 54.3 Å². The molecule has 1 aromatic heterocycles. The van der Waals surface area contributed by atoms with Crippen molar-refractivity contribution in [3.8, 4) is 5.75 Å². The molecule has 0 aliphatic rings. The second kappa shape index (κ2) is 7.62. The summed E-state index contributed by atoms with van der Waals surface area (Å²) in [5.41, 5.74) is 3.42. The number of hydrogen-bond donors (Lipinski definition) is 1. The maximum absolute atomic E-state index is 10.8. The minimum atomic E-state index is -0.762. The summed E-state index contributed by atoms with van der Waals surface area (Å²) in [6, 6.07) is 13.8. The van der Waals surface area contributed by atoms with E-state index in [1.165, 1.54) is 0 Å². The maximum atomic E-state index is 10.8. The Hall–Kier alpha value is -2.46. The number of methoxy groups -OCH3 is 1. The van der Waals surface area contributed by atoms with Crippen molar-refractivity contribution in [2.24, 2.45) is 0 Å². The molecule has 0 bridgehead atoms. The van der Waals surface area contributed by atoms with E-state index in [1.54, 1.807) is 7.11 Å². The zero-order valence-corrected chi connectivity index (χ0v) is 14.8. The largest absolute Gasteiger partial charge is 0.497 e. The lowest BCUT2D eigenvalue weighted by molar-refractivity contribution is -0.137. The quantitative estimate of drug-likeness (QED) is 0.663. The molecule has 4 nitrogen and oxygen atoms in total. The van der Waals surface area contributed by atoms with Crippen LogP contribution in [0.4, 0.5) is 0 Å². The number of aryl methyl sites for hydroxylation is 1. The van der Waals surface area contributed by atoms with Crippen LogP contribution in [-0.4, -0.2) is 22.8 Å². The molecule has 0 radical (unpaired) electrons. The first-order valence-electron chi connectivity index (χ1n) is 8.19. The lowest BCUT2D eigenvalue weighted by Crippen LogP contribution is -1.98. The van der Waals surface area contributed by atoms with Gasteiger partial charge in [-0.25, -0.2) is 0 Å². The van der Waals surface area contributed by atoms with E-state index in [2.05, 4.69) is 10.8 Å². The number of rotatable bonds is 7. The van der Waals surface area contributed by atoms with Gasteiger partial charge >= 0.3 is 5.97 Å². The molecule has 0 aliphatic carbocycles. The second-order valence-corrected chi connectivity index (χ2v) is 6.48. The monoisotopic (exact) mass is 357 g/mol. The topological polar surface area (TPSA) is 51.5 Å². The van der Waals surface area contributed by atoms with Crippen LogP contribution in [0.3, 0.4) is 0 Å². The normalized spacial score (nSPS) is 11.0. The van der Waals surface area contributed by atoms with Gasteiger partial charge in [-0.3, -0.25) is 4.79 Å². The first kappa shape index (κ1) is 17.4. The van der Waals surface area contributed by atoms with Gasteiger partial charge in [0.2, 0.25) is 0 Å². The zero-order chi connectivity index (χ0) is 17.8. The number of nitrogens with zero attached hydrogens (tertiary/aromatic N) is 1. The number of hydrogen-bond acceptors (Lipinski definition) is 2. The molecule has 2 aromatic carbocycles. The summed E-state index contributed by atoms with van der Waals surface area (Å²) in [5.74, 6) is 0.0405. The van der Waals surface area contributed by atoms with Crippen molar-refractivity contribution < 1.29 is 14.6 Å². The van der Waals surface area contributed by atoms with Gasteiger partial charge in [-0.2, -0.15) is 0 Å². The summed E-state index contributed by atoms with van der Waals surface area (Å²) in [6.07, 6.45) is 3.63. The van der Waals surface area contributed by atoms with Gasteiger partial charge in [-0.1, -0.05) is 23.7 Å². The van der Waals surface area contributed by atoms with E-state index in [4.69, 9.17) is 21.4 Å². The number of carboxylic acid groups (broad SMARTS) is 1. The molecule has 25 heavy (non-hydrogen) atoms. The van der Waals surface area contributed by atoms with Crippen molar-refractivity contribution in [2.75, 3.05) is 7.11 Å². The highest BCUT2D eigenvalue weighted by atomic mass is 35.5. The summed E-state index contributed by atoms with van der Waals surface area (Å²) >= 11 is 5.96. The molecular formula is C20H20ClNO3. The van der Waals surface area contributed by atoms with Gasteiger partial charge in [0.25, 0.3) is 0 Å². The third kappa shape index (κ3) is 4.15. The van der Waals surface area contributed by atoms with Crippen LogP contribution in [0.5, 0.6) is 5.75 Å². The van der Waals surface area contributed by atoms with E-state index in [0.29, 0.717) is 6.42 Å². The fraction of sp³-hybridized carbons (Fsp3) is 0.250. The smallest absolute Gasteiger partial charge is 0.303 e. The molecular weight excluding hydrogens is 338 g/mol. The molecule has 3 rings (SSSR count). The highest BCUT2D eigenvalue weighted by Crippen LogP contribution is 2.28. The third-order valence-corrected chi connectivity index (χ3v) is 4.53. The number of carbonyl (C=O) groups is 1. The SMILES string of the molecule is COc1ccc2c(c1)c(CCCC(=O)O)cn2Cc1ccc(Cl)cc1. The fourth-order valence-electron chi connectivity index (χ4n) is 3.02. The van der Waals surface area contributed by atoms with E-state index in [1.807, 2.05) is 42.5 Å². The Balaban J connectivity index is 1.94. The minimum absolute atomic E-state index is 0.174. The molecule has 0 saturated heterocycles. The van der Waals surface area contributed by atoms with Crippen molar-refractivity contribution in [1.82, 2.24) is 4.57 Å². The summed E-state index contributed by atoms with van der Waals surface area (Å²) in [5, 5.41) is 10.7. The average Bonchev–Trinajstić information content (AvgIpc) is 2.93. The number of benzene rings is 2. The molecule has 0 atom stereocenters. The minimum Gasteiger partial charge on any atom is -0.497 e. The molecule has 0 saturated carbocycles. The predicted octanol–water partition coefficient (Wildman–Crippen LogP) is 4.76. The van der Waals surface area contributed by atoms with Crippen LogP contribution in [-0.2, 0) is 17.8 Å². The van der Waals surface area contributed by atoms with E-state index >= 15 is 0 Å². The van der Waals surface area contributed by atoms with Crippen LogP contribution < -0.4 is 4.74 Å². The molecule has 0 fully saturated rings. The van der Waals surface area contributed by atoms with Gasteiger partial charge in [0.1, 0.15) is 5.75 Å². The van der Waals surface area contributed by atoms with Gasteiger partial charge < -0.3 is 14.4 Å². The van der Waals surface area contributed by atoms with Gasteiger partial charge in [0.05, 0.1) is 7.11 Å². The first-order valence-corrected chi connectivity index (χ1v) is 8.56. The third-order valence-electron chi connectivity index (χ3n) is 4.27. The Bertz CT molecular complexity index is 884. The van der Waals surface area contributed by atoms with Gasteiger partial charge in [0, 0.05) is 35.1 Å². The number of carboxylic acids is 1. The Morgan fingerprint density at radius 3 is 2.64 bits per heavy atom. The van der Waals surface area contributed by atoms with Crippen molar-refractivity contribution in [1.29, 1.82) is 0 Å². The molecule has 1 N–H and O–H groups in total. The molecule has 3 aromatic rings. The molecule has 0 unspecified atom stereocenters. The van der Waals surface area contributed by atoms with Crippen molar-refractivity contribution >= 4 is 28.5 Å². The molecule has 1 heterocycles. The zero-order valence-electron chi connectivity index (χ0n) is 14.0. The van der Waals surface area contributed by atoms with E-state index in [0.717, 1.165) is 45.8 Å². The van der Waals surface area contributed by atoms with E-state index in [-0.39, 0.29) is 6.42 Å². The van der Waals surface area contributed by atoms with Crippen molar-refractivity contribution in [3.63, 3.8) is 0 Å². The molecule has 0 aliphatic heterocycles. The summed E-state index contributed by atoms with van der Waals surface area (Å²) in [6.45, 7) is 0.735. The summed E-state index contributed by atoms with van der Waals surface area (Å²) in [7, 11) is 1.65. The maximum Gasteiger partial charge on any atom is 0.303 e. The van der Waals surface area contributed by atoms with Gasteiger partial charge in [-0.15, -0.1) is 0 Å². The van der Waals surface area contributed by atoms with Crippen LogP contribution >= 0.6 is 11.6 Å². The molecule has 0 amide bonds. The molecule has 5 heteroatoms. The van der Waals surface area contributed by atoms with E-state index < -0.39 is 5.97 Å².